The molecule has 3 rings (SSSR count). The number of rotatable bonds is 6. The van der Waals surface area contributed by atoms with Crippen LogP contribution in [0.4, 0.5) is 5.69 Å². The van der Waals surface area contributed by atoms with E-state index in [0.717, 1.165) is 63.8 Å². The van der Waals surface area contributed by atoms with Crippen LogP contribution in [-0.2, 0) is 4.74 Å². The number of ether oxygens (including phenoxy) is 1. The number of anilines is 1. The third-order valence-corrected chi connectivity index (χ3v) is 7.04. The van der Waals surface area contributed by atoms with Crippen molar-refractivity contribution in [3.05, 3.63) is 29.8 Å². The quantitative estimate of drug-likeness (QED) is 0.342. The first-order valence-electron chi connectivity index (χ1n) is 10.1. The standard InChI is InChI=1S/C21H34N4OS.HI/c1-4-27-21(10-13-26-14-11-21)16-23-20(22-3)24-18-9-12-25(15-18)19-7-5-17(2)6-8-19;/h5-8,18H,4,9-16H2,1-3H3,(H2,22,23,24);1H. The van der Waals surface area contributed by atoms with Gasteiger partial charge in [0.1, 0.15) is 0 Å². The first kappa shape index (κ1) is 23.6. The molecule has 0 aromatic heterocycles. The van der Waals surface area contributed by atoms with E-state index in [1.54, 1.807) is 0 Å². The minimum Gasteiger partial charge on any atom is -0.381 e. The molecule has 7 heteroatoms. The molecule has 0 bridgehead atoms. The Labute approximate surface area is 191 Å². The van der Waals surface area contributed by atoms with E-state index in [0.29, 0.717) is 6.04 Å². The summed E-state index contributed by atoms with van der Waals surface area (Å²) in [6.45, 7) is 9.17. The van der Waals surface area contributed by atoms with Crippen LogP contribution in [-0.4, -0.2) is 62.4 Å². The van der Waals surface area contributed by atoms with Crippen molar-refractivity contribution in [2.75, 3.05) is 50.5 Å². The minimum absolute atomic E-state index is 0. The average Bonchev–Trinajstić information content (AvgIpc) is 3.15. The molecule has 0 saturated carbocycles. The van der Waals surface area contributed by atoms with E-state index in [1.165, 1.54) is 11.3 Å². The van der Waals surface area contributed by atoms with Crippen LogP contribution in [0.3, 0.4) is 0 Å². The molecular formula is C21H35IN4OS. The highest BCUT2D eigenvalue weighted by Gasteiger charge is 2.33. The predicted octanol–water partition coefficient (Wildman–Crippen LogP) is 3.66. The predicted molar refractivity (Wildman–Crippen MR) is 133 cm³/mol. The molecule has 0 radical (unpaired) electrons. The van der Waals surface area contributed by atoms with Crippen molar-refractivity contribution >= 4 is 47.4 Å². The van der Waals surface area contributed by atoms with Crippen molar-refractivity contribution in [2.45, 2.75) is 43.9 Å². The summed E-state index contributed by atoms with van der Waals surface area (Å²) >= 11 is 2.06. The van der Waals surface area contributed by atoms with Gasteiger partial charge in [-0.05, 0) is 44.1 Å². The monoisotopic (exact) mass is 518 g/mol. The van der Waals surface area contributed by atoms with Gasteiger partial charge in [-0.3, -0.25) is 4.99 Å². The number of guanidine groups is 1. The molecule has 28 heavy (non-hydrogen) atoms. The van der Waals surface area contributed by atoms with Crippen LogP contribution < -0.4 is 15.5 Å². The zero-order chi connectivity index (χ0) is 19.1. The molecule has 1 unspecified atom stereocenters. The van der Waals surface area contributed by atoms with E-state index in [2.05, 4.69) is 70.4 Å². The van der Waals surface area contributed by atoms with Gasteiger partial charge >= 0.3 is 0 Å². The van der Waals surface area contributed by atoms with E-state index in [1.807, 2.05) is 7.05 Å². The van der Waals surface area contributed by atoms with Crippen molar-refractivity contribution < 1.29 is 4.74 Å². The van der Waals surface area contributed by atoms with Crippen LogP contribution in [0, 0.1) is 6.92 Å². The fourth-order valence-electron chi connectivity index (χ4n) is 3.92. The van der Waals surface area contributed by atoms with Gasteiger partial charge < -0.3 is 20.3 Å². The molecule has 2 aliphatic rings. The van der Waals surface area contributed by atoms with Crippen LogP contribution in [0.15, 0.2) is 29.3 Å². The molecule has 0 spiro atoms. The number of aliphatic imine (C=N–C) groups is 1. The Morgan fingerprint density at radius 2 is 2.00 bits per heavy atom. The van der Waals surface area contributed by atoms with Crippen LogP contribution in [0.25, 0.3) is 0 Å². The smallest absolute Gasteiger partial charge is 0.191 e. The fourth-order valence-corrected chi connectivity index (χ4v) is 5.16. The lowest BCUT2D eigenvalue weighted by Crippen LogP contribution is -2.50. The number of thioether (sulfide) groups is 1. The summed E-state index contributed by atoms with van der Waals surface area (Å²) in [5.74, 6) is 2.07. The van der Waals surface area contributed by atoms with Gasteiger partial charge in [0.25, 0.3) is 0 Å². The summed E-state index contributed by atoms with van der Waals surface area (Å²) in [7, 11) is 1.87. The third kappa shape index (κ3) is 6.42. The summed E-state index contributed by atoms with van der Waals surface area (Å²) in [5, 5.41) is 7.23. The Kier molecular flexibility index (Phi) is 9.69. The second kappa shape index (κ2) is 11.5. The topological polar surface area (TPSA) is 48.9 Å². The van der Waals surface area contributed by atoms with Crippen LogP contribution in [0.2, 0.25) is 0 Å². The van der Waals surface area contributed by atoms with Gasteiger partial charge in [-0.1, -0.05) is 24.6 Å². The SMILES string of the molecule is CCSC1(CNC(=NC)NC2CCN(c3ccc(C)cc3)C2)CCOCC1.I. The number of benzene rings is 1. The Hall–Kier alpha value is -0.670. The molecule has 5 nitrogen and oxygen atoms in total. The van der Waals surface area contributed by atoms with Crippen molar-refractivity contribution in [1.82, 2.24) is 10.6 Å². The van der Waals surface area contributed by atoms with Crippen molar-refractivity contribution in [2.24, 2.45) is 4.99 Å². The molecule has 2 heterocycles. The molecule has 2 fully saturated rings. The van der Waals surface area contributed by atoms with Gasteiger partial charge in [0.05, 0.1) is 0 Å². The zero-order valence-electron chi connectivity index (χ0n) is 17.4. The summed E-state index contributed by atoms with van der Waals surface area (Å²) in [6, 6.07) is 9.26. The van der Waals surface area contributed by atoms with E-state index in [-0.39, 0.29) is 28.7 Å². The summed E-state index contributed by atoms with van der Waals surface area (Å²) in [5.41, 5.74) is 2.62. The number of halogens is 1. The Balaban J connectivity index is 0.00000280. The first-order valence-corrected chi connectivity index (χ1v) is 11.1. The number of aryl methyl sites for hydroxylation is 1. The Morgan fingerprint density at radius 1 is 1.29 bits per heavy atom. The highest BCUT2D eigenvalue weighted by Crippen LogP contribution is 2.34. The molecule has 0 amide bonds. The van der Waals surface area contributed by atoms with Crippen molar-refractivity contribution in [1.29, 1.82) is 0 Å². The molecule has 2 saturated heterocycles. The number of nitrogens with zero attached hydrogens (tertiary/aromatic N) is 2. The van der Waals surface area contributed by atoms with Gasteiger partial charge in [0.15, 0.2) is 5.96 Å². The third-order valence-electron chi connectivity index (χ3n) is 5.58. The van der Waals surface area contributed by atoms with Crippen LogP contribution in [0.5, 0.6) is 0 Å². The van der Waals surface area contributed by atoms with Crippen molar-refractivity contribution in [3.8, 4) is 0 Å². The van der Waals surface area contributed by atoms with Crippen LogP contribution in [0.1, 0.15) is 31.7 Å². The number of hydrogen-bond acceptors (Lipinski definition) is 4. The molecule has 2 N–H and O–H groups in total. The van der Waals surface area contributed by atoms with Crippen LogP contribution >= 0.6 is 35.7 Å². The van der Waals surface area contributed by atoms with E-state index < -0.39 is 0 Å². The number of hydrogen-bond donors (Lipinski definition) is 2. The molecule has 0 aliphatic carbocycles. The van der Waals surface area contributed by atoms with E-state index >= 15 is 0 Å². The maximum absolute atomic E-state index is 5.58. The molecule has 1 atom stereocenters. The zero-order valence-corrected chi connectivity index (χ0v) is 20.5. The maximum atomic E-state index is 5.58. The van der Waals surface area contributed by atoms with E-state index in [4.69, 9.17) is 4.74 Å². The second-order valence-corrected chi connectivity index (χ2v) is 9.30. The highest BCUT2D eigenvalue weighted by molar-refractivity contribution is 14.0. The van der Waals surface area contributed by atoms with Gasteiger partial charge in [-0.15, -0.1) is 24.0 Å². The van der Waals surface area contributed by atoms with Gasteiger partial charge in [-0.2, -0.15) is 11.8 Å². The molecule has 2 aliphatic heterocycles. The normalized spacial score (nSPS) is 21.9. The van der Waals surface area contributed by atoms with Crippen molar-refractivity contribution in [3.63, 3.8) is 0 Å². The van der Waals surface area contributed by atoms with E-state index in [9.17, 15) is 0 Å². The van der Waals surface area contributed by atoms with Gasteiger partial charge in [0, 0.05) is 56.4 Å². The average molecular weight is 519 g/mol. The molecular weight excluding hydrogens is 483 g/mol. The Bertz CT molecular complexity index is 614. The molecule has 1 aromatic rings. The largest absolute Gasteiger partial charge is 0.381 e. The fraction of sp³-hybridized carbons (Fsp3) is 0.667. The lowest BCUT2D eigenvalue weighted by Gasteiger charge is -2.37. The molecule has 158 valence electrons. The summed E-state index contributed by atoms with van der Waals surface area (Å²) < 4.78 is 5.85. The lowest BCUT2D eigenvalue weighted by atomic mass is 9.99. The minimum atomic E-state index is 0. The highest BCUT2D eigenvalue weighted by atomic mass is 127. The maximum Gasteiger partial charge on any atom is 0.191 e. The Morgan fingerprint density at radius 3 is 2.64 bits per heavy atom. The lowest BCUT2D eigenvalue weighted by molar-refractivity contribution is 0.0782. The second-order valence-electron chi connectivity index (χ2n) is 7.57. The first-order chi connectivity index (χ1) is 13.1. The molecule has 1 aromatic carbocycles. The number of nitrogens with one attached hydrogen (secondary N) is 2. The van der Waals surface area contributed by atoms with Gasteiger partial charge in [0.2, 0.25) is 0 Å². The summed E-state index contributed by atoms with van der Waals surface area (Å²) in [4.78, 5) is 6.93. The summed E-state index contributed by atoms with van der Waals surface area (Å²) in [6.07, 6.45) is 3.36. The van der Waals surface area contributed by atoms with Gasteiger partial charge in [-0.25, -0.2) is 0 Å².